The number of carbonyl (C=O) groups is 1. The van der Waals surface area contributed by atoms with Crippen molar-refractivity contribution in [1.29, 1.82) is 0 Å². The van der Waals surface area contributed by atoms with Gasteiger partial charge in [0.2, 0.25) is 0 Å². The van der Waals surface area contributed by atoms with E-state index in [0.29, 0.717) is 34.8 Å². The number of aromatic nitrogens is 5. The Hall–Kier alpha value is -3.93. The fraction of sp³-hybridized carbons (Fsp3) is 0.622. The third-order valence-electron chi connectivity index (χ3n) is 10.6. The van der Waals surface area contributed by atoms with Crippen molar-refractivity contribution in [3.63, 3.8) is 0 Å². The number of carbonyl (C=O) groups excluding carboxylic acids is 1. The van der Waals surface area contributed by atoms with Gasteiger partial charge in [0.15, 0.2) is 5.82 Å². The van der Waals surface area contributed by atoms with Crippen LogP contribution in [0.15, 0.2) is 37.1 Å². The molecule has 2 saturated heterocycles. The first-order valence-electron chi connectivity index (χ1n) is 17.5. The third kappa shape index (κ3) is 7.79. The van der Waals surface area contributed by atoms with Crippen LogP contribution in [0.5, 0.6) is 11.6 Å². The molecule has 1 N–H and O–H groups in total. The number of halogens is 1. The van der Waals surface area contributed by atoms with Crippen LogP contribution in [-0.4, -0.2) is 79.0 Å². The highest BCUT2D eigenvalue weighted by Gasteiger charge is 2.54. The summed E-state index contributed by atoms with van der Waals surface area (Å²) in [5, 5.41) is 11.5. The second kappa shape index (κ2) is 13.1. The second-order valence-corrected chi connectivity index (χ2v) is 16.5. The molecule has 0 radical (unpaired) electrons. The van der Waals surface area contributed by atoms with Crippen LogP contribution in [-0.2, 0) is 4.74 Å². The van der Waals surface area contributed by atoms with E-state index < -0.39 is 11.1 Å². The molecule has 4 heterocycles. The summed E-state index contributed by atoms with van der Waals surface area (Å²) in [6.07, 6.45) is 9.25. The lowest BCUT2D eigenvalue weighted by atomic mass is 9.71. The number of benzene rings is 1. The topological polar surface area (TPSA) is 118 Å². The zero-order valence-corrected chi connectivity index (χ0v) is 30.2. The van der Waals surface area contributed by atoms with Gasteiger partial charge in [0.25, 0.3) is 5.88 Å². The van der Waals surface area contributed by atoms with Gasteiger partial charge in [-0.2, -0.15) is 0 Å². The lowest BCUT2D eigenvalue weighted by Crippen LogP contribution is -2.67. The normalized spacial score (nSPS) is 19.1. The van der Waals surface area contributed by atoms with E-state index in [0.717, 1.165) is 69.5 Å². The molecule has 2 aliphatic heterocycles. The van der Waals surface area contributed by atoms with Crippen LogP contribution >= 0.6 is 0 Å². The Morgan fingerprint density at radius 2 is 1.80 bits per heavy atom. The van der Waals surface area contributed by atoms with Gasteiger partial charge in [-0.25, -0.2) is 24.1 Å². The summed E-state index contributed by atoms with van der Waals surface area (Å²) in [6.45, 7) is 20.3. The molecule has 12 heteroatoms. The van der Waals surface area contributed by atoms with Gasteiger partial charge in [0, 0.05) is 65.9 Å². The summed E-state index contributed by atoms with van der Waals surface area (Å²) in [5.41, 5.74) is 1.42. The van der Waals surface area contributed by atoms with Crippen LogP contribution in [0.3, 0.4) is 0 Å². The summed E-state index contributed by atoms with van der Waals surface area (Å²) in [4.78, 5) is 30.8. The highest BCUT2D eigenvalue weighted by molar-refractivity contribution is 5.73. The molecule has 11 nitrogen and oxygen atoms in total. The predicted molar refractivity (Wildman–Crippen MR) is 186 cm³/mol. The largest absolute Gasteiger partial charge is 0.444 e. The average Bonchev–Trinajstić information content (AvgIpc) is 3.76. The zero-order valence-electron chi connectivity index (χ0n) is 30.2. The van der Waals surface area contributed by atoms with Gasteiger partial charge in [-0.1, -0.05) is 13.8 Å². The number of hydrogen-bond donors (Lipinski definition) is 1. The Bertz CT molecular complexity index is 1670. The first kappa shape index (κ1) is 34.9. The molecule has 264 valence electrons. The Morgan fingerprint density at radius 3 is 2.49 bits per heavy atom. The number of hydrogen-bond acceptors (Lipinski definition) is 10. The van der Waals surface area contributed by atoms with E-state index in [9.17, 15) is 9.18 Å². The molecule has 3 aliphatic rings. The zero-order chi connectivity index (χ0) is 35.2. The van der Waals surface area contributed by atoms with Gasteiger partial charge in [0.1, 0.15) is 29.8 Å². The molecule has 1 atom stereocenters. The summed E-state index contributed by atoms with van der Waals surface area (Å²) in [6, 6.07) is 4.48. The smallest absolute Gasteiger partial charge is 0.408 e. The van der Waals surface area contributed by atoms with E-state index in [-0.39, 0.29) is 22.9 Å². The van der Waals surface area contributed by atoms with Gasteiger partial charge in [-0.3, -0.25) is 4.90 Å². The SMILES string of the molecule is CC(C)C(C)(CCC(C)(C)NC(=O)OC(C)(C)C)N1CC2(CCN(c3ncnnc3Oc3ccc(F)cc3-c3cncnc3C3CC3)C2)C1. The molecule has 0 bridgehead atoms. The summed E-state index contributed by atoms with van der Waals surface area (Å²) in [5.74, 6) is 1.80. The van der Waals surface area contributed by atoms with Crippen molar-refractivity contribution in [3.8, 4) is 22.8 Å². The minimum absolute atomic E-state index is 0.0320. The van der Waals surface area contributed by atoms with Crippen LogP contribution in [0.1, 0.15) is 99.1 Å². The van der Waals surface area contributed by atoms with Crippen molar-refractivity contribution >= 4 is 11.9 Å². The van der Waals surface area contributed by atoms with E-state index in [1.54, 1.807) is 18.6 Å². The van der Waals surface area contributed by atoms with Crippen molar-refractivity contribution in [2.45, 2.75) is 110 Å². The maximum atomic E-state index is 14.6. The number of amides is 1. The fourth-order valence-electron chi connectivity index (χ4n) is 7.19. The average molecular weight is 675 g/mol. The molecule has 1 amide bonds. The number of nitrogens with zero attached hydrogens (tertiary/aromatic N) is 7. The summed E-state index contributed by atoms with van der Waals surface area (Å²) in [7, 11) is 0. The van der Waals surface area contributed by atoms with Gasteiger partial charge >= 0.3 is 6.09 Å². The van der Waals surface area contributed by atoms with Gasteiger partial charge in [-0.15, -0.1) is 10.2 Å². The highest BCUT2D eigenvalue weighted by atomic mass is 19.1. The highest BCUT2D eigenvalue weighted by Crippen LogP contribution is 2.49. The van der Waals surface area contributed by atoms with E-state index >= 15 is 0 Å². The standard InChI is InChI=1S/C37H51FN8O3/c1-24(2)36(8,14-13-35(6,7)43-33(47)49-34(3,4)5)46-20-37(21-46)15-16-45(19-37)31-32(44-42-23-41-31)48-29-12-11-26(38)17-27(29)28-18-39-22-40-30(28)25-9-10-25/h11-12,17-18,22-25H,9-10,13-16,19-21H2,1-8H3,(H,43,47). The van der Waals surface area contributed by atoms with E-state index in [2.05, 4.69) is 74.9 Å². The number of likely N-dealkylation sites (tertiary alicyclic amines) is 1. The van der Waals surface area contributed by atoms with E-state index in [1.165, 1.54) is 18.5 Å². The van der Waals surface area contributed by atoms with Gasteiger partial charge < -0.3 is 19.7 Å². The first-order chi connectivity index (χ1) is 23.1. The summed E-state index contributed by atoms with van der Waals surface area (Å²) < 4.78 is 26.5. The number of rotatable bonds is 11. The number of nitrogens with one attached hydrogen (secondary N) is 1. The molecule has 3 aromatic rings. The molecule has 1 aliphatic carbocycles. The predicted octanol–water partition coefficient (Wildman–Crippen LogP) is 7.15. The molecular weight excluding hydrogens is 623 g/mol. The molecule has 1 unspecified atom stereocenters. The monoisotopic (exact) mass is 674 g/mol. The quantitative estimate of drug-likeness (QED) is 0.225. The molecule has 1 spiro atoms. The van der Waals surface area contributed by atoms with Gasteiger partial charge in [-0.05, 0) is 97.8 Å². The second-order valence-electron chi connectivity index (χ2n) is 16.5. The molecule has 2 aromatic heterocycles. The van der Waals surface area contributed by atoms with E-state index in [4.69, 9.17) is 9.47 Å². The van der Waals surface area contributed by atoms with Gasteiger partial charge in [0.05, 0.1) is 5.69 Å². The van der Waals surface area contributed by atoms with Crippen molar-refractivity contribution in [2.75, 3.05) is 31.1 Å². The van der Waals surface area contributed by atoms with Crippen molar-refractivity contribution in [1.82, 2.24) is 35.4 Å². The Kier molecular flexibility index (Phi) is 9.32. The Balaban J connectivity index is 1.13. The molecular formula is C37H51FN8O3. The molecule has 1 aromatic carbocycles. The third-order valence-corrected chi connectivity index (χ3v) is 10.6. The van der Waals surface area contributed by atoms with Crippen LogP contribution in [0.2, 0.25) is 0 Å². The maximum absolute atomic E-state index is 14.6. The lowest BCUT2D eigenvalue weighted by Gasteiger charge is -2.58. The van der Waals surface area contributed by atoms with Crippen molar-refractivity contribution < 1.29 is 18.7 Å². The minimum Gasteiger partial charge on any atom is -0.444 e. The minimum atomic E-state index is -0.538. The Labute approximate surface area is 289 Å². The Morgan fingerprint density at radius 1 is 1.04 bits per heavy atom. The van der Waals surface area contributed by atoms with Crippen molar-refractivity contribution in [3.05, 3.63) is 48.6 Å². The number of alkyl carbamates (subject to hydrolysis) is 1. The van der Waals surface area contributed by atoms with Crippen LogP contribution in [0, 0.1) is 17.2 Å². The first-order valence-corrected chi connectivity index (χ1v) is 17.5. The maximum Gasteiger partial charge on any atom is 0.408 e. The molecule has 1 saturated carbocycles. The fourth-order valence-corrected chi connectivity index (χ4v) is 7.19. The molecule has 49 heavy (non-hydrogen) atoms. The van der Waals surface area contributed by atoms with E-state index in [1.807, 2.05) is 20.8 Å². The molecule has 3 fully saturated rings. The van der Waals surface area contributed by atoms with Crippen molar-refractivity contribution in [2.24, 2.45) is 11.3 Å². The van der Waals surface area contributed by atoms with Crippen LogP contribution in [0.25, 0.3) is 11.1 Å². The van der Waals surface area contributed by atoms with Crippen LogP contribution in [0.4, 0.5) is 15.0 Å². The van der Waals surface area contributed by atoms with Crippen LogP contribution < -0.4 is 15.0 Å². The number of ether oxygens (including phenoxy) is 2. The lowest BCUT2D eigenvalue weighted by molar-refractivity contribution is -0.0862. The molecule has 6 rings (SSSR count). The number of anilines is 1. The summed E-state index contributed by atoms with van der Waals surface area (Å²) >= 11 is 0.